The first-order valence-electron chi connectivity index (χ1n) is 7.10. The van der Waals surface area contributed by atoms with E-state index in [9.17, 15) is 4.79 Å². The number of pyridine rings is 1. The van der Waals surface area contributed by atoms with Gasteiger partial charge in [0.05, 0.1) is 18.1 Å². The fourth-order valence-electron chi connectivity index (χ4n) is 2.41. The van der Waals surface area contributed by atoms with Gasteiger partial charge in [0.15, 0.2) is 0 Å². The minimum atomic E-state index is -0.122. The Kier molecular flexibility index (Phi) is 4.71. The largest absolute Gasteiger partial charge is 0.480 e. The van der Waals surface area contributed by atoms with Crippen molar-refractivity contribution in [2.45, 2.75) is 12.5 Å². The molecule has 1 saturated heterocycles. The van der Waals surface area contributed by atoms with E-state index in [0.717, 1.165) is 10.9 Å². The van der Waals surface area contributed by atoms with Gasteiger partial charge in [0, 0.05) is 31.6 Å². The van der Waals surface area contributed by atoms with Crippen LogP contribution in [-0.2, 0) is 0 Å². The molecule has 2 aromatic rings. The maximum Gasteiger partial charge on any atom is 0.316 e. The quantitative estimate of drug-likeness (QED) is 0.808. The fraction of sp³-hybridized carbons (Fsp3) is 0.333. The average molecular weight is 379 g/mol. The minimum absolute atomic E-state index is 0.113. The van der Waals surface area contributed by atoms with E-state index in [1.807, 2.05) is 0 Å². The maximum atomic E-state index is 12.6. The molecule has 120 valence electrons. The topological polar surface area (TPSA) is 77.4 Å². The second-order valence-electron chi connectivity index (χ2n) is 5.02. The average Bonchev–Trinajstić information content (AvgIpc) is 3.05. The molecule has 0 spiro atoms. The molecule has 3 heterocycles. The number of rotatable bonds is 4. The summed E-state index contributed by atoms with van der Waals surface area (Å²) in [6.45, 7) is 1.09. The molecule has 0 aromatic carbocycles. The van der Waals surface area contributed by atoms with Crippen molar-refractivity contribution >= 4 is 21.8 Å². The summed E-state index contributed by atoms with van der Waals surface area (Å²) < 4.78 is 11.7. The Morgan fingerprint density at radius 3 is 2.87 bits per heavy atom. The van der Waals surface area contributed by atoms with Crippen molar-refractivity contribution in [2.75, 3.05) is 20.2 Å². The molecular weight excluding hydrogens is 364 g/mol. The predicted molar refractivity (Wildman–Crippen MR) is 85.5 cm³/mol. The van der Waals surface area contributed by atoms with E-state index >= 15 is 0 Å². The molecule has 23 heavy (non-hydrogen) atoms. The van der Waals surface area contributed by atoms with Crippen LogP contribution in [0.5, 0.6) is 11.9 Å². The molecule has 3 rings (SSSR count). The van der Waals surface area contributed by atoms with E-state index in [2.05, 4.69) is 30.9 Å². The lowest BCUT2D eigenvalue weighted by atomic mass is 10.2. The third-order valence-electron chi connectivity index (χ3n) is 3.50. The summed E-state index contributed by atoms with van der Waals surface area (Å²) >= 11 is 3.27. The molecule has 0 aliphatic carbocycles. The highest BCUT2D eigenvalue weighted by Gasteiger charge is 2.30. The van der Waals surface area contributed by atoms with Crippen LogP contribution in [0.3, 0.4) is 0 Å². The van der Waals surface area contributed by atoms with Crippen molar-refractivity contribution in [2.24, 2.45) is 0 Å². The van der Waals surface area contributed by atoms with Gasteiger partial charge in [0.25, 0.3) is 5.91 Å². The minimum Gasteiger partial charge on any atom is -0.480 e. The monoisotopic (exact) mass is 378 g/mol. The van der Waals surface area contributed by atoms with Crippen LogP contribution < -0.4 is 9.47 Å². The van der Waals surface area contributed by atoms with Crippen LogP contribution in [0.4, 0.5) is 0 Å². The van der Waals surface area contributed by atoms with Crippen molar-refractivity contribution in [3.63, 3.8) is 0 Å². The zero-order valence-corrected chi connectivity index (χ0v) is 14.1. The SMILES string of the molecule is COc1ncccc1C(=O)N1CCC(Oc2ncc(Br)cn2)C1. The maximum absolute atomic E-state index is 12.6. The molecule has 1 unspecified atom stereocenters. The number of hydrogen-bond donors (Lipinski definition) is 0. The van der Waals surface area contributed by atoms with Crippen LogP contribution in [0, 0.1) is 0 Å². The Balaban J connectivity index is 1.65. The van der Waals surface area contributed by atoms with Gasteiger partial charge in [-0.05, 0) is 28.1 Å². The predicted octanol–water partition coefficient (Wildman–Crippen LogP) is 1.94. The van der Waals surface area contributed by atoms with Gasteiger partial charge in [-0.2, -0.15) is 0 Å². The number of aromatic nitrogens is 3. The molecule has 0 N–H and O–H groups in total. The summed E-state index contributed by atoms with van der Waals surface area (Å²) in [5, 5.41) is 0. The van der Waals surface area contributed by atoms with Crippen molar-refractivity contribution in [3.05, 3.63) is 40.8 Å². The van der Waals surface area contributed by atoms with Gasteiger partial charge in [-0.1, -0.05) is 0 Å². The fourth-order valence-corrected chi connectivity index (χ4v) is 2.61. The van der Waals surface area contributed by atoms with Gasteiger partial charge in [-0.3, -0.25) is 4.79 Å². The number of hydrogen-bond acceptors (Lipinski definition) is 6. The summed E-state index contributed by atoms with van der Waals surface area (Å²) in [4.78, 5) is 26.5. The third-order valence-corrected chi connectivity index (χ3v) is 3.91. The molecule has 7 nitrogen and oxygen atoms in total. The lowest BCUT2D eigenvalue weighted by Crippen LogP contribution is -2.31. The van der Waals surface area contributed by atoms with Crippen LogP contribution >= 0.6 is 15.9 Å². The highest BCUT2D eigenvalue weighted by atomic mass is 79.9. The molecule has 1 atom stereocenters. The van der Waals surface area contributed by atoms with E-state index in [1.54, 1.807) is 35.6 Å². The second kappa shape index (κ2) is 6.91. The molecule has 1 aliphatic heterocycles. The van der Waals surface area contributed by atoms with E-state index in [-0.39, 0.29) is 12.0 Å². The van der Waals surface area contributed by atoms with Crippen LogP contribution in [-0.4, -0.2) is 52.1 Å². The Bertz CT molecular complexity index is 695. The molecule has 1 amide bonds. The molecule has 1 fully saturated rings. The highest BCUT2D eigenvalue weighted by Crippen LogP contribution is 2.21. The first kappa shape index (κ1) is 15.7. The lowest BCUT2D eigenvalue weighted by Gasteiger charge is -2.17. The zero-order chi connectivity index (χ0) is 16.2. The lowest BCUT2D eigenvalue weighted by molar-refractivity contribution is 0.0765. The highest BCUT2D eigenvalue weighted by molar-refractivity contribution is 9.10. The Hall–Kier alpha value is -2.22. The Labute approximate surface area is 141 Å². The van der Waals surface area contributed by atoms with Gasteiger partial charge < -0.3 is 14.4 Å². The first-order chi connectivity index (χ1) is 11.2. The number of halogens is 1. The Morgan fingerprint density at radius 1 is 1.35 bits per heavy atom. The first-order valence-corrected chi connectivity index (χ1v) is 7.89. The normalized spacial score (nSPS) is 17.1. The summed E-state index contributed by atoms with van der Waals surface area (Å²) in [5.74, 6) is 0.218. The molecule has 8 heteroatoms. The molecular formula is C15H15BrN4O3. The number of carbonyl (C=O) groups excluding carboxylic acids is 1. The molecule has 2 aromatic heterocycles. The van der Waals surface area contributed by atoms with Gasteiger partial charge >= 0.3 is 6.01 Å². The Morgan fingerprint density at radius 2 is 2.13 bits per heavy atom. The summed E-state index contributed by atoms with van der Waals surface area (Å²) in [6, 6.07) is 3.74. The number of ether oxygens (including phenoxy) is 2. The summed E-state index contributed by atoms with van der Waals surface area (Å²) in [6.07, 6.45) is 5.45. The number of amides is 1. The standard InChI is InChI=1S/C15H15BrN4O3/c1-22-13-12(3-2-5-17-13)14(21)20-6-4-11(9-20)23-15-18-7-10(16)8-19-15/h2-3,5,7-8,11H,4,6,9H2,1H3. The second-order valence-corrected chi connectivity index (χ2v) is 5.94. The van der Waals surface area contributed by atoms with Crippen LogP contribution in [0.25, 0.3) is 0 Å². The molecule has 0 radical (unpaired) electrons. The number of nitrogens with zero attached hydrogens (tertiary/aromatic N) is 4. The van der Waals surface area contributed by atoms with Crippen molar-refractivity contribution in [1.82, 2.24) is 19.9 Å². The van der Waals surface area contributed by atoms with E-state index in [1.165, 1.54) is 7.11 Å². The van der Waals surface area contributed by atoms with Crippen molar-refractivity contribution in [3.8, 4) is 11.9 Å². The zero-order valence-electron chi connectivity index (χ0n) is 12.5. The summed E-state index contributed by atoms with van der Waals surface area (Å²) in [7, 11) is 1.50. The molecule has 0 bridgehead atoms. The number of methoxy groups -OCH3 is 1. The number of likely N-dealkylation sites (tertiary alicyclic amines) is 1. The van der Waals surface area contributed by atoms with E-state index in [4.69, 9.17) is 9.47 Å². The smallest absolute Gasteiger partial charge is 0.316 e. The summed E-state index contributed by atoms with van der Waals surface area (Å²) in [5.41, 5.74) is 0.454. The van der Waals surface area contributed by atoms with Crippen LogP contribution in [0.1, 0.15) is 16.8 Å². The van der Waals surface area contributed by atoms with Gasteiger partial charge in [-0.25, -0.2) is 15.0 Å². The molecule has 0 saturated carbocycles. The van der Waals surface area contributed by atoms with Crippen molar-refractivity contribution in [1.29, 1.82) is 0 Å². The van der Waals surface area contributed by atoms with E-state index < -0.39 is 0 Å². The van der Waals surface area contributed by atoms with E-state index in [0.29, 0.717) is 30.5 Å². The van der Waals surface area contributed by atoms with Crippen LogP contribution in [0.15, 0.2) is 35.2 Å². The van der Waals surface area contributed by atoms with Gasteiger partial charge in [0.1, 0.15) is 11.7 Å². The van der Waals surface area contributed by atoms with Crippen LogP contribution in [0.2, 0.25) is 0 Å². The molecule has 1 aliphatic rings. The van der Waals surface area contributed by atoms with Crippen molar-refractivity contribution < 1.29 is 14.3 Å². The third kappa shape index (κ3) is 3.58. The number of carbonyl (C=O) groups is 1. The van der Waals surface area contributed by atoms with Gasteiger partial charge in [-0.15, -0.1) is 0 Å². The van der Waals surface area contributed by atoms with Gasteiger partial charge in [0.2, 0.25) is 5.88 Å².